The van der Waals surface area contributed by atoms with Crippen LogP contribution in [-0.2, 0) is 6.54 Å². The van der Waals surface area contributed by atoms with Crippen LogP contribution in [-0.4, -0.2) is 29.3 Å². The second-order valence-corrected chi connectivity index (χ2v) is 4.61. The number of pyridine rings is 1. The predicted octanol–water partition coefficient (Wildman–Crippen LogP) is 1.48. The van der Waals surface area contributed by atoms with Gasteiger partial charge in [-0.25, -0.2) is 4.98 Å². The fourth-order valence-corrected chi connectivity index (χ4v) is 2.25. The van der Waals surface area contributed by atoms with Crippen LogP contribution in [0.3, 0.4) is 0 Å². The smallest absolute Gasteiger partial charge is 0.212 e. The van der Waals surface area contributed by atoms with E-state index in [1.165, 1.54) is 0 Å². The molecule has 1 saturated carbocycles. The van der Waals surface area contributed by atoms with Crippen molar-refractivity contribution >= 4 is 0 Å². The molecular weight excluding hydrogens is 216 g/mol. The van der Waals surface area contributed by atoms with Crippen LogP contribution in [0.2, 0.25) is 0 Å². The Kier molecular flexibility index (Phi) is 4.34. The van der Waals surface area contributed by atoms with E-state index in [0.29, 0.717) is 11.9 Å². The monoisotopic (exact) mass is 236 g/mol. The van der Waals surface area contributed by atoms with E-state index in [2.05, 4.69) is 10.3 Å². The van der Waals surface area contributed by atoms with Crippen LogP contribution in [0.5, 0.6) is 5.88 Å². The van der Waals surface area contributed by atoms with Gasteiger partial charge in [-0.15, -0.1) is 0 Å². The zero-order valence-corrected chi connectivity index (χ0v) is 10.2. The zero-order chi connectivity index (χ0) is 12.1. The number of hydrogen-bond donors (Lipinski definition) is 2. The van der Waals surface area contributed by atoms with Gasteiger partial charge in [0.05, 0.1) is 13.2 Å². The van der Waals surface area contributed by atoms with Crippen molar-refractivity contribution in [2.75, 3.05) is 7.11 Å². The summed E-state index contributed by atoms with van der Waals surface area (Å²) in [6, 6.07) is 4.31. The molecule has 0 amide bonds. The minimum absolute atomic E-state index is 0.129. The molecule has 17 heavy (non-hydrogen) atoms. The summed E-state index contributed by atoms with van der Waals surface area (Å²) in [7, 11) is 1.61. The first-order valence-electron chi connectivity index (χ1n) is 6.18. The summed E-state index contributed by atoms with van der Waals surface area (Å²) >= 11 is 0. The molecule has 1 aliphatic rings. The highest BCUT2D eigenvalue weighted by atomic mass is 16.5. The topological polar surface area (TPSA) is 54.4 Å². The Morgan fingerprint density at radius 3 is 3.00 bits per heavy atom. The highest BCUT2D eigenvalue weighted by Crippen LogP contribution is 2.18. The summed E-state index contributed by atoms with van der Waals surface area (Å²) < 4.78 is 5.01. The van der Waals surface area contributed by atoms with E-state index in [1.807, 2.05) is 18.3 Å². The molecule has 2 rings (SSSR count). The molecule has 0 aliphatic heterocycles. The Balaban J connectivity index is 1.80. The average Bonchev–Trinajstić information content (AvgIpc) is 2.37. The lowest BCUT2D eigenvalue weighted by atomic mass is 9.93. The van der Waals surface area contributed by atoms with Crippen molar-refractivity contribution in [1.82, 2.24) is 10.3 Å². The van der Waals surface area contributed by atoms with E-state index >= 15 is 0 Å². The van der Waals surface area contributed by atoms with Gasteiger partial charge in [-0.1, -0.05) is 6.07 Å². The molecule has 1 aliphatic carbocycles. The fourth-order valence-electron chi connectivity index (χ4n) is 2.25. The predicted molar refractivity (Wildman–Crippen MR) is 65.9 cm³/mol. The van der Waals surface area contributed by atoms with E-state index in [4.69, 9.17) is 4.74 Å². The maximum atomic E-state index is 9.58. The van der Waals surface area contributed by atoms with E-state index in [1.54, 1.807) is 7.11 Å². The third-order valence-corrected chi connectivity index (χ3v) is 3.25. The molecule has 2 unspecified atom stereocenters. The number of aromatic nitrogens is 1. The van der Waals surface area contributed by atoms with Crippen LogP contribution < -0.4 is 10.1 Å². The van der Waals surface area contributed by atoms with Crippen molar-refractivity contribution in [1.29, 1.82) is 0 Å². The van der Waals surface area contributed by atoms with E-state index in [9.17, 15) is 5.11 Å². The first-order chi connectivity index (χ1) is 8.28. The highest BCUT2D eigenvalue weighted by Gasteiger charge is 2.19. The van der Waals surface area contributed by atoms with Crippen molar-refractivity contribution in [2.45, 2.75) is 44.4 Å². The van der Waals surface area contributed by atoms with E-state index in [-0.39, 0.29) is 6.10 Å². The maximum Gasteiger partial charge on any atom is 0.212 e. The molecule has 0 aromatic carbocycles. The second-order valence-electron chi connectivity index (χ2n) is 4.61. The van der Waals surface area contributed by atoms with E-state index in [0.717, 1.165) is 37.8 Å². The molecule has 2 atom stereocenters. The van der Waals surface area contributed by atoms with Gasteiger partial charge in [0.25, 0.3) is 0 Å². The number of hydrogen-bond acceptors (Lipinski definition) is 4. The largest absolute Gasteiger partial charge is 0.481 e. The number of ether oxygens (including phenoxy) is 1. The molecule has 0 spiro atoms. The molecule has 0 saturated heterocycles. The Bertz CT molecular complexity index is 340. The summed E-state index contributed by atoms with van der Waals surface area (Å²) in [6.45, 7) is 0.800. The molecular formula is C13H20N2O2. The van der Waals surface area contributed by atoms with Gasteiger partial charge >= 0.3 is 0 Å². The lowest BCUT2D eigenvalue weighted by Gasteiger charge is -2.26. The Labute approximate surface area is 102 Å². The third-order valence-electron chi connectivity index (χ3n) is 3.25. The first kappa shape index (κ1) is 12.3. The van der Waals surface area contributed by atoms with Crippen LogP contribution >= 0.6 is 0 Å². The Hall–Kier alpha value is -1.13. The Morgan fingerprint density at radius 2 is 2.35 bits per heavy atom. The van der Waals surface area contributed by atoms with Crippen LogP contribution in [0, 0.1) is 0 Å². The zero-order valence-electron chi connectivity index (χ0n) is 10.2. The van der Waals surface area contributed by atoms with Crippen LogP contribution in [0.15, 0.2) is 18.3 Å². The van der Waals surface area contributed by atoms with Crippen LogP contribution in [0.25, 0.3) is 0 Å². The average molecular weight is 236 g/mol. The number of aliphatic hydroxyl groups is 1. The Morgan fingerprint density at radius 1 is 1.47 bits per heavy atom. The van der Waals surface area contributed by atoms with Crippen molar-refractivity contribution in [3.63, 3.8) is 0 Å². The third kappa shape index (κ3) is 3.68. The second kappa shape index (κ2) is 5.98. The maximum absolute atomic E-state index is 9.58. The van der Waals surface area contributed by atoms with Crippen molar-refractivity contribution in [3.05, 3.63) is 23.9 Å². The molecule has 4 heteroatoms. The molecule has 0 radical (unpaired) electrons. The minimum Gasteiger partial charge on any atom is -0.481 e. The highest BCUT2D eigenvalue weighted by molar-refractivity contribution is 5.17. The van der Waals surface area contributed by atoms with E-state index < -0.39 is 0 Å². The molecule has 1 aromatic rings. The SMILES string of the molecule is COc1ccc(CNC2CCCC(O)C2)cn1. The molecule has 1 fully saturated rings. The molecule has 0 bridgehead atoms. The number of nitrogens with one attached hydrogen (secondary N) is 1. The van der Waals surface area contributed by atoms with Gasteiger partial charge in [0.15, 0.2) is 0 Å². The van der Waals surface area contributed by atoms with Gasteiger partial charge in [-0.3, -0.25) is 0 Å². The van der Waals surface area contributed by atoms with Gasteiger partial charge in [-0.05, 0) is 31.2 Å². The molecule has 94 valence electrons. The van der Waals surface area contributed by atoms with Crippen molar-refractivity contribution in [2.24, 2.45) is 0 Å². The van der Waals surface area contributed by atoms with Crippen LogP contribution in [0.4, 0.5) is 0 Å². The van der Waals surface area contributed by atoms with Crippen molar-refractivity contribution in [3.8, 4) is 5.88 Å². The molecule has 1 aromatic heterocycles. The van der Waals surface area contributed by atoms with Gasteiger partial charge in [0.1, 0.15) is 0 Å². The fraction of sp³-hybridized carbons (Fsp3) is 0.615. The normalized spacial score (nSPS) is 24.6. The molecule has 1 heterocycles. The summed E-state index contributed by atoms with van der Waals surface area (Å²) in [4.78, 5) is 4.16. The lowest BCUT2D eigenvalue weighted by Crippen LogP contribution is -2.35. The number of nitrogens with zero attached hydrogens (tertiary/aromatic N) is 1. The van der Waals surface area contributed by atoms with Gasteiger partial charge in [-0.2, -0.15) is 0 Å². The standard InChI is InChI=1S/C13H20N2O2/c1-17-13-6-5-10(9-15-13)8-14-11-3-2-4-12(16)7-11/h5-6,9,11-12,14,16H,2-4,7-8H2,1H3. The van der Waals surface area contributed by atoms with Crippen LogP contribution in [0.1, 0.15) is 31.2 Å². The number of aliphatic hydroxyl groups excluding tert-OH is 1. The quantitative estimate of drug-likeness (QED) is 0.831. The summed E-state index contributed by atoms with van der Waals surface area (Å²) in [5.41, 5.74) is 1.14. The van der Waals surface area contributed by atoms with Gasteiger partial charge in [0.2, 0.25) is 5.88 Å². The first-order valence-corrected chi connectivity index (χ1v) is 6.18. The van der Waals surface area contributed by atoms with Gasteiger partial charge < -0.3 is 15.2 Å². The van der Waals surface area contributed by atoms with Crippen molar-refractivity contribution < 1.29 is 9.84 Å². The molecule has 2 N–H and O–H groups in total. The number of methoxy groups -OCH3 is 1. The summed E-state index contributed by atoms with van der Waals surface area (Å²) in [5, 5.41) is 13.0. The molecule has 4 nitrogen and oxygen atoms in total. The lowest BCUT2D eigenvalue weighted by molar-refractivity contribution is 0.111. The van der Waals surface area contributed by atoms with Gasteiger partial charge in [0, 0.05) is 24.8 Å². The summed E-state index contributed by atoms with van der Waals surface area (Å²) in [6.07, 6.45) is 5.77. The summed E-state index contributed by atoms with van der Waals surface area (Å²) in [5.74, 6) is 0.641. The number of rotatable bonds is 4. The minimum atomic E-state index is -0.129.